The minimum absolute atomic E-state index is 0.0765. The molecule has 0 amide bonds. The third-order valence-corrected chi connectivity index (χ3v) is 3.20. The molecule has 20 heavy (non-hydrogen) atoms. The number of methoxy groups -OCH3 is 1. The molecule has 0 unspecified atom stereocenters. The summed E-state index contributed by atoms with van der Waals surface area (Å²) in [6.45, 7) is 3.14. The Hall–Kier alpha value is -2.30. The summed E-state index contributed by atoms with van der Waals surface area (Å²) in [6.07, 6.45) is 3.35. The molecule has 0 fully saturated rings. The first-order valence-corrected chi connectivity index (χ1v) is 6.55. The molecule has 5 heteroatoms. The molecule has 0 bridgehead atoms. The zero-order valence-corrected chi connectivity index (χ0v) is 12.0. The molecule has 2 aromatic rings. The molecule has 0 saturated heterocycles. The van der Waals surface area contributed by atoms with Gasteiger partial charge in [-0.15, -0.1) is 0 Å². The minimum Gasteiger partial charge on any atom is -0.496 e. The third-order valence-electron chi connectivity index (χ3n) is 3.20. The van der Waals surface area contributed by atoms with Crippen LogP contribution in [0.2, 0.25) is 0 Å². The largest absolute Gasteiger partial charge is 0.496 e. The lowest BCUT2D eigenvalue weighted by Crippen LogP contribution is -2.30. The van der Waals surface area contributed by atoms with E-state index in [1.165, 1.54) is 0 Å². The minimum atomic E-state index is -0.0765. The van der Waals surface area contributed by atoms with Gasteiger partial charge in [-0.2, -0.15) is 0 Å². The van der Waals surface area contributed by atoms with E-state index < -0.39 is 0 Å². The van der Waals surface area contributed by atoms with Crippen LogP contribution in [-0.2, 0) is 13.1 Å². The Morgan fingerprint density at radius 1 is 1.35 bits per heavy atom. The number of rotatable bonds is 5. The summed E-state index contributed by atoms with van der Waals surface area (Å²) in [7, 11) is 3.50. The Morgan fingerprint density at radius 3 is 2.80 bits per heavy atom. The number of hydrogen-bond acceptors (Lipinski definition) is 4. The second kappa shape index (κ2) is 6.23. The fraction of sp³-hybridized carbons (Fsp3) is 0.333. The van der Waals surface area contributed by atoms with Gasteiger partial charge in [-0.1, -0.05) is 18.2 Å². The fourth-order valence-electron chi connectivity index (χ4n) is 2.11. The Bertz CT molecular complexity index is 637. The van der Waals surface area contributed by atoms with Gasteiger partial charge in [0.15, 0.2) is 5.82 Å². The highest BCUT2D eigenvalue weighted by Gasteiger charge is 2.11. The van der Waals surface area contributed by atoms with Gasteiger partial charge in [0, 0.05) is 38.1 Å². The predicted molar refractivity (Wildman–Crippen MR) is 79.3 cm³/mol. The summed E-state index contributed by atoms with van der Waals surface area (Å²) in [4.78, 5) is 18.2. The molecule has 106 valence electrons. The molecule has 0 atom stereocenters. The molecule has 1 aromatic carbocycles. The molecule has 0 aliphatic rings. The van der Waals surface area contributed by atoms with Crippen LogP contribution in [-0.4, -0.2) is 23.7 Å². The first-order valence-electron chi connectivity index (χ1n) is 6.55. The van der Waals surface area contributed by atoms with E-state index in [1.807, 2.05) is 43.1 Å². The van der Waals surface area contributed by atoms with E-state index in [-0.39, 0.29) is 5.56 Å². The molecular weight excluding hydrogens is 254 g/mol. The van der Waals surface area contributed by atoms with Crippen molar-refractivity contribution in [1.29, 1.82) is 0 Å². The highest BCUT2D eigenvalue weighted by atomic mass is 16.5. The van der Waals surface area contributed by atoms with Crippen molar-refractivity contribution < 1.29 is 4.74 Å². The van der Waals surface area contributed by atoms with E-state index in [4.69, 9.17) is 4.74 Å². The Balaban J connectivity index is 2.29. The molecule has 1 heterocycles. The predicted octanol–water partition coefficient (Wildman–Crippen LogP) is 1.91. The number of nitrogens with zero attached hydrogens (tertiary/aromatic N) is 3. The molecule has 2 rings (SSSR count). The van der Waals surface area contributed by atoms with Crippen LogP contribution < -0.4 is 15.2 Å². The van der Waals surface area contributed by atoms with Gasteiger partial charge < -0.3 is 14.2 Å². The van der Waals surface area contributed by atoms with Crippen molar-refractivity contribution in [2.24, 2.45) is 0 Å². The Labute approximate surface area is 118 Å². The lowest BCUT2D eigenvalue weighted by atomic mass is 10.2. The van der Waals surface area contributed by atoms with E-state index in [0.717, 1.165) is 11.3 Å². The van der Waals surface area contributed by atoms with Gasteiger partial charge in [0.2, 0.25) is 0 Å². The fourth-order valence-corrected chi connectivity index (χ4v) is 2.11. The second-order valence-corrected chi connectivity index (χ2v) is 4.51. The van der Waals surface area contributed by atoms with Crippen molar-refractivity contribution in [2.75, 3.05) is 19.1 Å². The van der Waals surface area contributed by atoms with Gasteiger partial charge in [0.1, 0.15) is 5.75 Å². The van der Waals surface area contributed by atoms with Crippen molar-refractivity contribution in [3.8, 4) is 5.75 Å². The lowest BCUT2D eigenvalue weighted by molar-refractivity contribution is 0.409. The van der Waals surface area contributed by atoms with Gasteiger partial charge in [-0.3, -0.25) is 4.79 Å². The van der Waals surface area contributed by atoms with Crippen molar-refractivity contribution in [3.63, 3.8) is 0 Å². The molecule has 0 saturated carbocycles. The van der Waals surface area contributed by atoms with Crippen LogP contribution in [0.1, 0.15) is 12.5 Å². The standard InChI is InChI=1S/C15H19N3O2/c1-4-18-10-9-16-14(15(18)19)17(2)11-12-7-5-6-8-13(12)20-3/h5-10H,4,11H2,1-3H3. The number of aromatic nitrogens is 2. The van der Waals surface area contributed by atoms with E-state index in [2.05, 4.69) is 4.98 Å². The average Bonchev–Trinajstić information content (AvgIpc) is 2.48. The monoisotopic (exact) mass is 273 g/mol. The van der Waals surface area contributed by atoms with Crippen LogP contribution in [0.3, 0.4) is 0 Å². The normalized spacial score (nSPS) is 10.3. The van der Waals surface area contributed by atoms with Crippen LogP contribution in [0.15, 0.2) is 41.5 Å². The molecular formula is C15H19N3O2. The van der Waals surface area contributed by atoms with Crippen LogP contribution in [0.5, 0.6) is 5.75 Å². The van der Waals surface area contributed by atoms with Crippen LogP contribution in [0.4, 0.5) is 5.82 Å². The van der Waals surface area contributed by atoms with Crippen LogP contribution >= 0.6 is 0 Å². The zero-order valence-electron chi connectivity index (χ0n) is 12.0. The van der Waals surface area contributed by atoms with E-state index in [1.54, 1.807) is 24.1 Å². The highest BCUT2D eigenvalue weighted by molar-refractivity contribution is 5.40. The third kappa shape index (κ3) is 2.82. The first kappa shape index (κ1) is 14.1. The molecule has 0 radical (unpaired) electrons. The number of benzene rings is 1. The SMILES string of the molecule is CCn1ccnc(N(C)Cc2ccccc2OC)c1=O. The number of anilines is 1. The van der Waals surface area contributed by atoms with E-state index in [0.29, 0.717) is 18.9 Å². The van der Waals surface area contributed by atoms with Crippen molar-refractivity contribution in [3.05, 3.63) is 52.6 Å². The number of ether oxygens (including phenoxy) is 1. The average molecular weight is 273 g/mol. The quantitative estimate of drug-likeness (QED) is 0.835. The maximum atomic E-state index is 12.2. The van der Waals surface area contributed by atoms with Crippen LogP contribution in [0, 0.1) is 0 Å². The summed E-state index contributed by atoms with van der Waals surface area (Å²) in [6, 6.07) is 7.77. The van der Waals surface area contributed by atoms with Crippen LogP contribution in [0.25, 0.3) is 0 Å². The number of hydrogen-bond donors (Lipinski definition) is 0. The molecule has 0 aliphatic heterocycles. The van der Waals surface area contributed by atoms with Crippen molar-refractivity contribution in [2.45, 2.75) is 20.0 Å². The Kier molecular flexibility index (Phi) is 4.40. The second-order valence-electron chi connectivity index (χ2n) is 4.51. The van der Waals surface area contributed by atoms with E-state index in [9.17, 15) is 4.79 Å². The molecule has 5 nitrogen and oxygen atoms in total. The summed E-state index contributed by atoms with van der Waals surface area (Å²) >= 11 is 0. The summed E-state index contributed by atoms with van der Waals surface area (Å²) in [5.41, 5.74) is 0.943. The van der Waals surface area contributed by atoms with Gasteiger partial charge >= 0.3 is 0 Å². The number of aryl methyl sites for hydroxylation is 1. The zero-order chi connectivity index (χ0) is 14.5. The van der Waals surface area contributed by atoms with Crippen molar-refractivity contribution >= 4 is 5.82 Å². The van der Waals surface area contributed by atoms with Gasteiger partial charge in [0.25, 0.3) is 5.56 Å². The van der Waals surface area contributed by atoms with E-state index >= 15 is 0 Å². The highest BCUT2D eigenvalue weighted by Crippen LogP contribution is 2.19. The summed E-state index contributed by atoms with van der Waals surface area (Å²) < 4.78 is 6.97. The first-order chi connectivity index (χ1) is 9.67. The molecule has 0 spiro atoms. The topological polar surface area (TPSA) is 47.4 Å². The summed E-state index contributed by atoms with van der Waals surface area (Å²) in [5, 5.41) is 0. The lowest BCUT2D eigenvalue weighted by Gasteiger charge is -2.19. The Morgan fingerprint density at radius 2 is 2.10 bits per heavy atom. The van der Waals surface area contributed by atoms with Crippen molar-refractivity contribution in [1.82, 2.24) is 9.55 Å². The van der Waals surface area contributed by atoms with Gasteiger partial charge in [-0.05, 0) is 13.0 Å². The maximum Gasteiger partial charge on any atom is 0.293 e. The summed E-state index contributed by atoms with van der Waals surface area (Å²) in [5.74, 6) is 1.26. The van der Waals surface area contributed by atoms with Gasteiger partial charge in [0.05, 0.1) is 7.11 Å². The molecule has 1 aromatic heterocycles. The molecule has 0 N–H and O–H groups in total. The maximum absolute atomic E-state index is 12.2. The molecule has 0 aliphatic carbocycles. The van der Waals surface area contributed by atoms with Gasteiger partial charge in [-0.25, -0.2) is 4.98 Å². The smallest absolute Gasteiger partial charge is 0.293 e. The number of para-hydroxylation sites is 1.